The van der Waals surface area contributed by atoms with Crippen molar-refractivity contribution in [1.82, 2.24) is 9.78 Å². The normalized spacial score (nSPS) is 10.2. The number of hydrogen-bond donors (Lipinski definition) is 0. The first kappa shape index (κ1) is 11.4. The average Bonchev–Trinajstić information content (AvgIpc) is 2.72. The van der Waals surface area contributed by atoms with Gasteiger partial charge in [-0.3, -0.25) is 4.79 Å². The zero-order valence-corrected chi connectivity index (χ0v) is 9.88. The number of rotatable bonds is 3. The third kappa shape index (κ3) is 2.53. The number of aromatic nitrogens is 2. The lowest BCUT2D eigenvalue weighted by Gasteiger charge is -1.99. The number of hydrogen-bond acceptors (Lipinski definition) is 3. The molecule has 2 rings (SSSR count). The van der Waals surface area contributed by atoms with Crippen molar-refractivity contribution in [3.05, 3.63) is 47.8 Å². The Balaban J connectivity index is 2.28. The first-order valence-corrected chi connectivity index (χ1v) is 5.38. The van der Waals surface area contributed by atoms with Gasteiger partial charge >= 0.3 is 5.97 Å². The fourth-order valence-electron chi connectivity index (χ4n) is 1.61. The zero-order valence-electron chi connectivity index (χ0n) is 9.88. The van der Waals surface area contributed by atoms with Crippen LogP contribution >= 0.6 is 0 Å². The van der Waals surface area contributed by atoms with Gasteiger partial charge in [0.1, 0.15) is 0 Å². The largest absolute Gasteiger partial charge is 0.469 e. The third-order valence-electron chi connectivity index (χ3n) is 2.58. The van der Waals surface area contributed by atoms with Gasteiger partial charge in [0, 0.05) is 11.8 Å². The Morgan fingerprint density at radius 2 is 2.06 bits per heavy atom. The van der Waals surface area contributed by atoms with Gasteiger partial charge in [-0.2, -0.15) is 5.10 Å². The van der Waals surface area contributed by atoms with Crippen LogP contribution in [0.3, 0.4) is 0 Å². The van der Waals surface area contributed by atoms with Crippen molar-refractivity contribution in [3.63, 3.8) is 0 Å². The van der Waals surface area contributed by atoms with Gasteiger partial charge in [0.25, 0.3) is 0 Å². The molecule has 17 heavy (non-hydrogen) atoms. The molecule has 0 spiro atoms. The molecule has 0 atom stereocenters. The lowest BCUT2D eigenvalue weighted by Crippen LogP contribution is -2.04. The van der Waals surface area contributed by atoms with E-state index >= 15 is 0 Å². The molecule has 1 aromatic heterocycles. The van der Waals surface area contributed by atoms with Gasteiger partial charge in [-0.1, -0.05) is 18.2 Å². The number of benzene rings is 1. The molecule has 0 radical (unpaired) electrons. The molecule has 0 bridgehead atoms. The Hall–Kier alpha value is -2.10. The van der Waals surface area contributed by atoms with Gasteiger partial charge < -0.3 is 4.74 Å². The summed E-state index contributed by atoms with van der Waals surface area (Å²) >= 11 is 0. The fraction of sp³-hybridized carbons (Fsp3) is 0.231. The third-order valence-corrected chi connectivity index (χ3v) is 2.58. The van der Waals surface area contributed by atoms with Crippen LogP contribution in [-0.2, 0) is 16.0 Å². The molecule has 88 valence electrons. The molecule has 0 unspecified atom stereocenters. The van der Waals surface area contributed by atoms with Gasteiger partial charge in [-0.15, -0.1) is 0 Å². The Kier molecular flexibility index (Phi) is 3.23. The number of nitrogens with zero attached hydrogens (tertiary/aromatic N) is 2. The summed E-state index contributed by atoms with van der Waals surface area (Å²) in [4.78, 5) is 11.2. The van der Waals surface area contributed by atoms with Crippen molar-refractivity contribution >= 4 is 5.97 Å². The van der Waals surface area contributed by atoms with E-state index in [0.717, 1.165) is 16.9 Å². The molecule has 0 N–H and O–H groups in total. The minimum Gasteiger partial charge on any atom is -0.469 e. The predicted molar refractivity (Wildman–Crippen MR) is 64.0 cm³/mol. The van der Waals surface area contributed by atoms with Crippen LogP contribution in [0.5, 0.6) is 0 Å². The summed E-state index contributed by atoms with van der Waals surface area (Å²) in [6, 6.07) is 9.79. The number of carbonyl (C=O) groups excluding carboxylic acids is 1. The summed E-state index contributed by atoms with van der Waals surface area (Å²) in [5, 5.41) is 4.38. The first-order chi connectivity index (χ1) is 8.20. The number of carbonyl (C=O) groups is 1. The maximum absolute atomic E-state index is 11.2. The van der Waals surface area contributed by atoms with Crippen LogP contribution in [-0.4, -0.2) is 22.9 Å². The first-order valence-electron chi connectivity index (χ1n) is 5.38. The monoisotopic (exact) mass is 230 g/mol. The maximum atomic E-state index is 11.2. The van der Waals surface area contributed by atoms with Gasteiger partial charge in [-0.05, 0) is 19.1 Å². The van der Waals surface area contributed by atoms with Crippen LogP contribution in [0.4, 0.5) is 0 Å². The van der Waals surface area contributed by atoms with Gasteiger partial charge in [0.05, 0.1) is 24.9 Å². The van der Waals surface area contributed by atoms with Crippen molar-refractivity contribution in [3.8, 4) is 5.69 Å². The summed E-state index contributed by atoms with van der Waals surface area (Å²) in [6.07, 6.45) is 2.12. The molecule has 0 saturated heterocycles. The standard InChI is InChI=1S/C13H14N2O2/c1-10-11(8-13(16)17-2)9-15(14-10)12-6-4-3-5-7-12/h3-7,9H,8H2,1-2H3. The molecule has 0 aliphatic heterocycles. The zero-order chi connectivity index (χ0) is 12.3. The van der Waals surface area contributed by atoms with Gasteiger partial charge in [0.2, 0.25) is 0 Å². The van der Waals surface area contributed by atoms with E-state index in [1.54, 1.807) is 4.68 Å². The van der Waals surface area contributed by atoms with Crippen molar-refractivity contribution < 1.29 is 9.53 Å². The van der Waals surface area contributed by atoms with E-state index in [9.17, 15) is 4.79 Å². The van der Waals surface area contributed by atoms with Crippen LogP contribution in [0, 0.1) is 6.92 Å². The molecule has 4 nitrogen and oxygen atoms in total. The van der Waals surface area contributed by atoms with E-state index < -0.39 is 0 Å². The number of ether oxygens (including phenoxy) is 1. The topological polar surface area (TPSA) is 44.1 Å². The van der Waals surface area contributed by atoms with Gasteiger partial charge in [-0.25, -0.2) is 4.68 Å². The number of esters is 1. The average molecular weight is 230 g/mol. The summed E-state index contributed by atoms with van der Waals surface area (Å²) in [5.41, 5.74) is 2.71. The summed E-state index contributed by atoms with van der Waals surface area (Å²) in [6.45, 7) is 1.89. The quantitative estimate of drug-likeness (QED) is 0.756. The highest BCUT2D eigenvalue weighted by Crippen LogP contribution is 2.12. The van der Waals surface area contributed by atoms with E-state index in [1.807, 2.05) is 43.5 Å². The second kappa shape index (κ2) is 4.82. The number of methoxy groups -OCH3 is 1. The van der Waals surface area contributed by atoms with Crippen molar-refractivity contribution in [2.75, 3.05) is 7.11 Å². The molecule has 1 heterocycles. The van der Waals surface area contributed by atoms with Crippen molar-refractivity contribution in [1.29, 1.82) is 0 Å². The Morgan fingerprint density at radius 1 is 1.35 bits per heavy atom. The maximum Gasteiger partial charge on any atom is 0.310 e. The molecular formula is C13H14N2O2. The highest BCUT2D eigenvalue weighted by molar-refractivity contribution is 5.72. The number of para-hydroxylation sites is 1. The molecule has 2 aromatic rings. The van der Waals surface area contributed by atoms with E-state index in [0.29, 0.717) is 0 Å². The Bertz CT molecular complexity index is 517. The van der Waals surface area contributed by atoms with E-state index in [-0.39, 0.29) is 12.4 Å². The molecular weight excluding hydrogens is 216 g/mol. The fourth-order valence-corrected chi connectivity index (χ4v) is 1.61. The van der Waals surface area contributed by atoms with E-state index in [2.05, 4.69) is 9.84 Å². The second-order valence-electron chi connectivity index (χ2n) is 3.77. The van der Waals surface area contributed by atoms with Crippen LogP contribution < -0.4 is 0 Å². The highest BCUT2D eigenvalue weighted by Gasteiger charge is 2.10. The smallest absolute Gasteiger partial charge is 0.310 e. The summed E-state index contributed by atoms with van der Waals surface area (Å²) in [5.74, 6) is -0.249. The highest BCUT2D eigenvalue weighted by atomic mass is 16.5. The van der Waals surface area contributed by atoms with Crippen LogP contribution in [0.15, 0.2) is 36.5 Å². The van der Waals surface area contributed by atoms with Crippen LogP contribution in [0.1, 0.15) is 11.3 Å². The molecule has 0 amide bonds. The summed E-state index contributed by atoms with van der Waals surface area (Å²) < 4.78 is 6.42. The van der Waals surface area contributed by atoms with Crippen LogP contribution in [0.25, 0.3) is 5.69 Å². The van der Waals surface area contributed by atoms with Crippen LogP contribution in [0.2, 0.25) is 0 Å². The predicted octanol–water partition coefficient (Wildman–Crippen LogP) is 1.90. The SMILES string of the molecule is COC(=O)Cc1cn(-c2ccccc2)nc1C. The minimum atomic E-state index is -0.249. The Labute approximate surface area is 99.8 Å². The molecule has 0 aliphatic carbocycles. The lowest BCUT2D eigenvalue weighted by molar-refractivity contribution is -0.139. The Morgan fingerprint density at radius 3 is 2.71 bits per heavy atom. The lowest BCUT2D eigenvalue weighted by atomic mass is 10.2. The molecule has 1 aromatic carbocycles. The summed E-state index contributed by atoms with van der Waals surface area (Å²) in [7, 11) is 1.39. The molecule has 0 aliphatic rings. The molecule has 0 saturated carbocycles. The minimum absolute atomic E-state index is 0.249. The van der Waals surface area contributed by atoms with E-state index in [4.69, 9.17) is 0 Å². The van der Waals surface area contributed by atoms with Crippen molar-refractivity contribution in [2.24, 2.45) is 0 Å². The molecule has 4 heteroatoms. The molecule has 0 fully saturated rings. The van der Waals surface area contributed by atoms with E-state index in [1.165, 1.54) is 7.11 Å². The van der Waals surface area contributed by atoms with Gasteiger partial charge in [0.15, 0.2) is 0 Å². The van der Waals surface area contributed by atoms with Crippen molar-refractivity contribution in [2.45, 2.75) is 13.3 Å². The number of aryl methyl sites for hydroxylation is 1. The second-order valence-corrected chi connectivity index (χ2v) is 3.77.